The lowest BCUT2D eigenvalue weighted by atomic mass is 9.83. The second-order valence-electron chi connectivity index (χ2n) is 5.24. The van der Waals surface area contributed by atoms with Crippen molar-refractivity contribution in [1.82, 2.24) is 0 Å². The summed E-state index contributed by atoms with van der Waals surface area (Å²) in [7, 11) is 0. The molecule has 0 heterocycles. The van der Waals surface area contributed by atoms with Crippen LogP contribution in [0.25, 0.3) is 0 Å². The third-order valence-corrected chi connectivity index (χ3v) is 2.70. The Morgan fingerprint density at radius 1 is 1.24 bits per heavy atom. The summed E-state index contributed by atoms with van der Waals surface area (Å²) in [6, 6.07) is 5.89. The average molecular weight is 240 g/mol. The number of halogens is 1. The number of ether oxygens (including phenoxy) is 1. The molecule has 17 heavy (non-hydrogen) atoms. The average Bonchev–Trinajstić information content (AvgIpc) is 2.24. The minimum absolute atomic E-state index is 0.177. The first-order valence-electron chi connectivity index (χ1n) is 5.91. The Labute approximate surface area is 102 Å². The smallest absolute Gasteiger partial charge is 0.123 e. The largest absolute Gasteiger partial charge is 0.386 e. The molecule has 0 amide bonds. The van der Waals surface area contributed by atoms with Crippen molar-refractivity contribution in [3.8, 4) is 0 Å². The molecule has 2 atom stereocenters. The molecule has 2 nitrogen and oxygen atoms in total. The molecule has 0 fully saturated rings. The van der Waals surface area contributed by atoms with Crippen molar-refractivity contribution in [2.45, 2.75) is 39.9 Å². The van der Waals surface area contributed by atoms with E-state index < -0.39 is 6.10 Å². The van der Waals surface area contributed by atoms with Gasteiger partial charge >= 0.3 is 0 Å². The van der Waals surface area contributed by atoms with E-state index in [1.54, 1.807) is 12.1 Å². The van der Waals surface area contributed by atoms with Gasteiger partial charge in [-0.3, -0.25) is 0 Å². The van der Waals surface area contributed by atoms with E-state index in [9.17, 15) is 9.50 Å². The Morgan fingerprint density at radius 3 is 2.18 bits per heavy atom. The lowest BCUT2D eigenvalue weighted by Gasteiger charge is -2.34. The molecule has 0 radical (unpaired) electrons. The second kappa shape index (κ2) is 5.61. The maximum atomic E-state index is 12.8. The van der Waals surface area contributed by atoms with Crippen LogP contribution in [0.15, 0.2) is 24.3 Å². The van der Waals surface area contributed by atoms with E-state index in [0.717, 1.165) is 0 Å². The highest BCUT2D eigenvalue weighted by atomic mass is 19.1. The predicted molar refractivity (Wildman–Crippen MR) is 66.2 cm³/mol. The molecule has 2 unspecified atom stereocenters. The van der Waals surface area contributed by atoms with E-state index in [1.165, 1.54) is 12.1 Å². The molecule has 1 aromatic carbocycles. The van der Waals surface area contributed by atoms with Gasteiger partial charge in [0.05, 0.1) is 6.10 Å². The summed E-state index contributed by atoms with van der Waals surface area (Å²) < 4.78 is 18.4. The number of hydrogen-bond acceptors (Lipinski definition) is 2. The Kier molecular flexibility index (Phi) is 4.66. The molecule has 0 spiro atoms. The monoisotopic (exact) mass is 240 g/mol. The SMILES string of the molecule is CCOC(C(O)c1ccc(F)cc1)C(C)(C)C. The summed E-state index contributed by atoms with van der Waals surface area (Å²) in [5.74, 6) is -0.301. The molecule has 0 aliphatic heterocycles. The molecule has 0 bridgehead atoms. The molecular weight excluding hydrogens is 219 g/mol. The zero-order valence-corrected chi connectivity index (χ0v) is 10.9. The summed E-state index contributed by atoms with van der Waals surface area (Å²) in [5, 5.41) is 10.3. The van der Waals surface area contributed by atoms with Crippen LogP contribution >= 0.6 is 0 Å². The van der Waals surface area contributed by atoms with Gasteiger partial charge in [-0.2, -0.15) is 0 Å². The van der Waals surface area contributed by atoms with Crippen molar-refractivity contribution in [3.63, 3.8) is 0 Å². The predicted octanol–water partition coefficient (Wildman–Crippen LogP) is 3.31. The second-order valence-corrected chi connectivity index (χ2v) is 5.24. The van der Waals surface area contributed by atoms with Crippen LogP contribution in [0.3, 0.4) is 0 Å². The third kappa shape index (κ3) is 3.79. The quantitative estimate of drug-likeness (QED) is 0.875. The first-order chi connectivity index (χ1) is 7.86. The minimum atomic E-state index is -0.740. The van der Waals surface area contributed by atoms with Gasteiger partial charge in [-0.05, 0) is 30.0 Å². The van der Waals surface area contributed by atoms with E-state index in [-0.39, 0.29) is 17.3 Å². The summed E-state index contributed by atoms with van der Waals surface area (Å²) in [4.78, 5) is 0. The van der Waals surface area contributed by atoms with Crippen molar-refractivity contribution in [2.75, 3.05) is 6.61 Å². The molecule has 1 rings (SSSR count). The number of benzene rings is 1. The van der Waals surface area contributed by atoms with Gasteiger partial charge in [-0.15, -0.1) is 0 Å². The molecule has 0 saturated carbocycles. The van der Waals surface area contributed by atoms with Crippen LogP contribution in [0.4, 0.5) is 4.39 Å². The Balaban J connectivity index is 2.91. The molecule has 0 aliphatic rings. The summed E-state index contributed by atoms with van der Waals surface area (Å²) in [6.07, 6.45) is -1.05. The first kappa shape index (κ1) is 14.1. The van der Waals surface area contributed by atoms with Crippen LogP contribution < -0.4 is 0 Å². The molecule has 0 aromatic heterocycles. The molecular formula is C14H21FO2. The van der Waals surface area contributed by atoms with E-state index >= 15 is 0 Å². The lowest BCUT2D eigenvalue weighted by molar-refractivity contribution is -0.0899. The Bertz CT molecular complexity index is 340. The maximum Gasteiger partial charge on any atom is 0.123 e. The first-order valence-corrected chi connectivity index (χ1v) is 5.91. The highest BCUT2D eigenvalue weighted by molar-refractivity contribution is 5.20. The van der Waals surface area contributed by atoms with Gasteiger partial charge < -0.3 is 9.84 Å². The highest BCUT2D eigenvalue weighted by Crippen LogP contribution is 2.32. The van der Waals surface area contributed by atoms with Gasteiger partial charge in [0, 0.05) is 6.61 Å². The maximum absolute atomic E-state index is 12.8. The molecule has 3 heteroatoms. The van der Waals surface area contributed by atoms with Gasteiger partial charge in [-0.1, -0.05) is 32.9 Å². The Morgan fingerprint density at radius 2 is 1.76 bits per heavy atom. The van der Waals surface area contributed by atoms with Crippen molar-refractivity contribution in [3.05, 3.63) is 35.6 Å². The summed E-state index contributed by atoms with van der Waals surface area (Å²) in [6.45, 7) is 8.48. The van der Waals surface area contributed by atoms with Crippen LogP contribution in [-0.4, -0.2) is 17.8 Å². The summed E-state index contributed by atoms with van der Waals surface area (Å²) in [5.41, 5.74) is 0.504. The van der Waals surface area contributed by atoms with Gasteiger partial charge in [0.2, 0.25) is 0 Å². The molecule has 1 N–H and O–H groups in total. The molecule has 0 saturated heterocycles. The van der Waals surface area contributed by atoms with Gasteiger partial charge in [0.15, 0.2) is 0 Å². The number of aliphatic hydroxyl groups is 1. The van der Waals surface area contributed by atoms with Crippen LogP contribution in [0.2, 0.25) is 0 Å². The summed E-state index contributed by atoms with van der Waals surface area (Å²) >= 11 is 0. The van der Waals surface area contributed by atoms with Crippen LogP contribution in [-0.2, 0) is 4.74 Å². The van der Waals surface area contributed by atoms with E-state index in [1.807, 2.05) is 27.7 Å². The van der Waals surface area contributed by atoms with Crippen molar-refractivity contribution >= 4 is 0 Å². The standard InChI is InChI=1S/C14H21FO2/c1-5-17-13(14(2,3)4)12(16)10-6-8-11(15)9-7-10/h6-9,12-13,16H,5H2,1-4H3. The van der Waals surface area contributed by atoms with E-state index in [2.05, 4.69) is 0 Å². The fourth-order valence-corrected chi connectivity index (χ4v) is 1.83. The molecule has 0 aliphatic carbocycles. The minimum Gasteiger partial charge on any atom is -0.386 e. The third-order valence-electron chi connectivity index (χ3n) is 2.70. The van der Waals surface area contributed by atoms with Crippen molar-refractivity contribution < 1.29 is 14.2 Å². The van der Waals surface area contributed by atoms with Crippen molar-refractivity contribution in [1.29, 1.82) is 0 Å². The zero-order chi connectivity index (χ0) is 13.1. The fourth-order valence-electron chi connectivity index (χ4n) is 1.83. The lowest BCUT2D eigenvalue weighted by Crippen LogP contribution is -2.35. The van der Waals surface area contributed by atoms with Crippen LogP contribution in [0.1, 0.15) is 39.4 Å². The van der Waals surface area contributed by atoms with E-state index in [0.29, 0.717) is 12.2 Å². The van der Waals surface area contributed by atoms with Gasteiger partial charge in [0.1, 0.15) is 11.9 Å². The number of aliphatic hydroxyl groups excluding tert-OH is 1. The van der Waals surface area contributed by atoms with Crippen molar-refractivity contribution in [2.24, 2.45) is 5.41 Å². The number of hydrogen-bond donors (Lipinski definition) is 1. The van der Waals surface area contributed by atoms with E-state index in [4.69, 9.17) is 4.74 Å². The van der Waals surface area contributed by atoms with Crippen LogP contribution in [0.5, 0.6) is 0 Å². The van der Waals surface area contributed by atoms with Gasteiger partial charge in [0.25, 0.3) is 0 Å². The number of rotatable bonds is 4. The fraction of sp³-hybridized carbons (Fsp3) is 0.571. The topological polar surface area (TPSA) is 29.5 Å². The molecule has 96 valence electrons. The van der Waals surface area contributed by atoms with Gasteiger partial charge in [-0.25, -0.2) is 4.39 Å². The van der Waals surface area contributed by atoms with Crippen LogP contribution in [0, 0.1) is 11.2 Å². The molecule has 1 aromatic rings. The normalized spacial score (nSPS) is 15.6. The highest BCUT2D eigenvalue weighted by Gasteiger charge is 2.32. The zero-order valence-electron chi connectivity index (χ0n) is 10.9. The Hall–Kier alpha value is -0.930.